The molecule has 0 saturated carbocycles. The molecule has 112 valence electrons. The zero-order valence-corrected chi connectivity index (χ0v) is 13.6. The van der Waals surface area contributed by atoms with Crippen LogP contribution in [-0.2, 0) is 10.3 Å². The Morgan fingerprint density at radius 1 is 1.00 bits per heavy atom. The molecule has 0 aromatic heterocycles. The highest BCUT2D eigenvalue weighted by Gasteiger charge is 2.32. The maximum Gasteiger partial charge on any atom is 0.0887 e. The van der Waals surface area contributed by atoms with Crippen molar-refractivity contribution in [3.8, 4) is 0 Å². The van der Waals surface area contributed by atoms with E-state index < -0.39 is 5.60 Å². The van der Waals surface area contributed by atoms with Gasteiger partial charge in [0.2, 0.25) is 0 Å². The third-order valence-electron chi connectivity index (χ3n) is 3.38. The second kappa shape index (κ2) is 7.24. The number of hydrogen-bond donors (Lipinski definition) is 0. The van der Waals surface area contributed by atoms with Crippen molar-refractivity contribution in [3.05, 3.63) is 85.0 Å². The molecule has 0 aliphatic carbocycles. The average molecular weight is 282 g/mol. The molecule has 0 fully saturated rings. The molecule has 0 saturated heterocycles. The minimum Gasteiger partial charge on any atom is -0.360 e. The van der Waals surface area contributed by atoms with E-state index in [1.807, 2.05) is 36.4 Å². The Morgan fingerprint density at radius 3 is 2.14 bits per heavy atom. The van der Waals surface area contributed by atoms with Gasteiger partial charge in [-0.25, -0.2) is 0 Å². The van der Waals surface area contributed by atoms with Crippen LogP contribution in [0.15, 0.2) is 79.4 Å². The minimum absolute atomic E-state index is 0.382. The fraction of sp³-hybridized carbons (Fsp3) is 0.300. The van der Waals surface area contributed by atoms with E-state index in [-0.39, 0.29) is 5.60 Å². The zero-order chi connectivity index (χ0) is 15.9. The van der Waals surface area contributed by atoms with E-state index >= 15 is 0 Å². The Morgan fingerprint density at radius 2 is 1.62 bits per heavy atom. The standard InChI is InChI=1S/C20H26O/c1-7-9-14-17(13-8-2)19(3,4)21-20(5,6)18-15-11-10-12-16-18/h7-16H,1-2H2,3-6H3/b14-9-,17-13+. The van der Waals surface area contributed by atoms with Crippen LogP contribution in [0.2, 0.25) is 0 Å². The maximum absolute atomic E-state index is 6.42. The molecular formula is C20H26O. The maximum atomic E-state index is 6.42. The zero-order valence-electron chi connectivity index (χ0n) is 13.6. The fourth-order valence-corrected chi connectivity index (χ4v) is 2.35. The second-order valence-corrected chi connectivity index (χ2v) is 5.94. The lowest BCUT2D eigenvalue weighted by atomic mass is 9.92. The molecule has 1 heteroatoms. The first-order valence-corrected chi connectivity index (χ1v) is 7.21. The molecule has 21 heavy (non-hydrogen) atoms. The highest BCUT2D eigenvalue weighted by molar-refractivity contribution is 5.33. The largest absolute Gasteiger partial charge is 0.360 e. The molecular weight excluding hydrogens is 256 g/mol. The van der Waals surface area contributed by atoms with Crippen molar-refractivity contribution in [1.82, 2.24) is 0 Å². The van der Waals surface area contributed by atoms with E-state index in [1.165, 1.54) is 0 Å². The Hall–Kier alpha value is -1.86. The van der Waals surface area contributed by atoms with Crippen LogP contribution in [0.5, 0.6) is 0 Å². The Labute approximate surface area is 129 Å². The second-order valence-electron chi connectivity index (χ2n) is 5.94. The smallest absolute Gasteiger partial charge is 0.0887 e. The summed E-state index contributed by atoms with van der Waals surface area (Å²) in [6, 6.07) is 10.3. The molecule has 0 spiro atoms. The molecule has 0 aliphatic heterocycles. The minimum atomic E-state index is -0.437. The highest BCUT2D eigenvalue weighted by Crippen LogP contribution is 2.34. The number of ether oxygens (including phenoxy) is 1. The summed E-state index contributed by atoms with van der Waals surface area (Å²) in [7, 11) is 0. The topological polar surface area (TPSA) is 9.23 Å². The van der Waals surface area contributed by atoms with Crippen molar-refractivity contribution in [1.29, 1.82) is 0 Å². The van der Waals surface area contributed by atoms with Crippen LogP contribution in [0, 0.1) is 0 Å². The van der Waals surface area contributed by atoms with Gasteiger partial charge in [0, 0.05) is 0 Å². The van der Waals surface area contributed by atoms with Crippen LogP contribution in [0.1, 0.15) is 33.3 Å². The van der Waals surface area contributed by atoms with Crippen molar-refractivity contribution in [2.75, 3.05) is 0 Å². The summed E-state index contributed by atoms with van der Waals surface area (Å²) >= 11 is 0. The lowest BCUT2D eigenvalue weighted by Gasteiger charge is -2.37. The first-order valence-electron chi connectivity index (χ1n) is 7.21. The molecule has 0 unspecified atom stereocenters. The van der Waals surface area contributed by atoms with Crippen LogP contribution >= 0.6 is 0 Å². The number of allylic oxidation sites excluding steroid dienone is 4. The summed E-state index contributed by atoms with van der Waals surface area (Å²) in [5.41, 5.74) is 1.39. The van der Waals surface area contributed by atoms with E-state index in [9.17, 15) is 0 Å². The van der Waals surface area contributed by atoms with E-state index in [0.717, 1.165) is 11.1 Å². The molecule has 0 bridgehead atoms. The van der Waals surface area contributed by atoms with E-state index in [1.54, 1.807) is 12.2 Å². The first kappa shape index (κ1) is 17.2. The predicted molar refractivity (Wildman–Crippen MR) is 92.2 cm³/mol. The normalized spacial score (nSPS) is 13.4. The molecule has 1 nitrogen and oxygen atoms in total. The van der Waals surface area contributed by atoms with Crippen LogP contribution in [0.4, 0.5) is 0 Å². The Balaban J connectivity index is 3.07. The van der Waals surface area contributed by atoms with Crippen LogP contribution in [0.25, 0.3) is 0 Å². The van der Waals surface area contributed by atoms with Gasteiger partial charge in [-0.3, -0.25) is 0 Å². The van der Waals surface area contributed by atoms with Gasteiger partial charge in [0.15, 0.2) is 0 Å². The van der Waals surface area contributed by atoms with Crippen LogP contribution in [0.3, 0.4) is 0 Å². The van der Waals surface area contributed by atoms with Gasteiger partial charge in [-0.05, 0) is 38.8 Å². The molecule has 0 amide bonds. The molecule has 0 heterocycles. The molecule has 1 rings (SSSR count). The molecule has 1 aromatic rings. The third-order valence-corrected chi connectivity index (χ3v) is 3.38. The molecule has 0 aliphatic rings. The Bertz CT molecular complexity index is 530. The fourth-order valence-electron chi connectivity index (χ4n) is 2.35. The van der Waals surface area contributed by atoms with E-state index in [0.29, 0.717) is 0 Å². The summed E-state index contributed by atoms with van der Waals surface area (Å²) in [6.07, 6.45) is 9.44. The first-order chi connectivity index (χ1) is 9.83. The lowest BCUT2D eigenvalue weighted by Crippen LogP contribution is -2.36. The number of benzene rings is 1. The van der Waals surface area contributed by atoms with Gasteiger partial charge in [0.25, 0.3) is 0 Å². The number of rotatable bonds is 7. The van der Waals surface area contributed by atoms with Crippen molar-refractivity contribution in [3.63, 3.8) is 0 Å². The van der Waals surface area contributed by atoms with Gasteiger partial charge in [0.1, 0.15) is 0 Å². The highest BCUT2D eigenvalue weighted by atomic mass is 16.5. The van der Waals surface area contributed by atoms with Crippen molar-refractivity contribution < 1.29 is 4.74 Å². The predicted octanol–water partition coefficient (Wildman–Crippen LogP) is 5.57. The van der Waals surface area contributed by atoms with Gasteiger partial charge in [0.05, 0.1) is 11.2 Å². The molecule has 1 aromatic carbocycles. The van der Waals surface area contributed by atoms with Gasteiger partial charge in [-0.2, -0.15) is 0 Å². The van der Waals surface area contributed by atoms with Gasteiger partial charge >= 0.3 is 0 Å². The van der Waals surface area contributed by atoms with E-state index in [2.05, 4.69) is 53.0 Å². The van der Waals surface area contributed by atoms with Crippen molar-refractivity contribution in [2.24, 2.45) is 0 Å². The summed E-state index contributed by atoms with van der Waals surface area (Å²) in [5.74, 6) is 0. The van der Waals surface area contributed by atoms with Crippen LogP contribution < -0.4 is 0 Å². The van der Waals surface area contributed by atoms with Crippen LogP contribution in [-0.4, -0.2) is 5.60 Å². The van der Waals surface area contributed by atoms with E-state index in [4.69, 9.17) is 4.74 Å². The summed E-state index contributed by atoms with van der Waals surface area (Å²) < 4.78 is 6.42. The third kappa shape index (κ3) is 4.87. The summed E-state index contributed by atoms with van der Waals surface area (Å²) in [6.45, 7) is 15.8. The molecule has 0 radical (unpaired) electrons. The average Bonchev–Trinajstić information content (AvgIpc) is 2.43. The van der Waals surface area contributed by atoms with Crippen molar-refractivity contribution >= 4 is 0 Å². The number of hydrogen-bond acceptors (Lipinski definition) is 1. The SMILES string of the molecule is C=C/C=C\C(=C/C=C)C(C)(C)OC(C)(C)c1ccccc1. The Kier molecular flexibility index (Phi) is 5.92. The molecule has 0 N–H and O–H groups in total. The van der Waals surface area contributed by atoms with Gasteiger partial charge in [-0.15, -0.1) is 0 Å². The summed E-state index contributed by atoms with van der Waals surface area (Å²) in [4.78, 5) is 0. The van der Waals surface area contributed by atoms with Gasteiger partial charge in [-0.1, -0.05) is 73.9 Å². The monoisotopic (exact) mass is 282 g/mol. The quantitative estimate of drug-likeness (QED) is 0.594. The van der Waals surface area contributed by atoms with Crippen molar-refractivity contribution in [2.45, 2.75) is 38.9 Å². The lowest BCUT2D eigenvalue weighted by molar-refractivity contribution is -0.106. The summed E-state index contributed by atoms with van der Waals surface area (Å²) in [5, 5.41) is 0. The van der Waals surface area contributed by atoms with Gasteiger partial charge < -0.3 is 4.74 Å². The molecule has 0 atom stereocenters.